The summed E-state index contributed by atoms with van der Waals surface area (Å²) < 4.78 is 30.0. The van der Waals surface area contributed by atoms with E-state index in [4.69, 9.17) is 4.74 Å². The third kappa shape index (κ3) is 7.34. The Morgan fingerprint density at radius 2 is 1.27 bits per heavy atom. The minimum atomic E-state index is -4.12. The Bertz CT molecular complexity index is 857. The molecule has 0 bridgehead atoms. The lowest BCUT2D eigenvalue weighted by Crippen LogP contribution is -2.33. The zero-order valence-corrected chi connectivity index (χ0v) is 21.8. The lowest BCUT2D eigenvalue weighted by molar-refractivity contribution is -0.138. The van der Waals surface area contributed by atoms with E-state index >= 15 is 0 Å². The van der Waals surface area contributed by atoms with E-state index in [1.807, 2.05) is 53.7 Å². The molecule has 1 aromatic carbocycles. The van der Waals surface area contributed by atoms with Crippen molar-refractivity contribution in [2.75, 3.05) is 19.2 Å². The molecule has 0 saturated carbocycles. The van der Waals surface area contributed by atoms with Crippen LogP contribution < -0.4 is 5.30 Å². The van der Waals surface area contributed by atoms with Crippen LogP contribution in [0.3, 0.4) is 0 Å². The van der Waals surface area contributed by atoms with Crippen molar-refractivity contribution in [3.05, 3.63) is 28.8 Å². The molecule has 0 amide bonds. The summed E-state index contributed by atoms with van der Waals surface area (Å²) in [5.41, 5.74) is 1.53. The van der Waals surface area contributed by atoms with Crippen molar-refractivity contribution in [2.45, 2.75) is 78.6 Å². The fourth-order valence-electron chi connectivity index (χ4n) is 3.10. The Hall–Kier alpha value is -0.930. The summed E-state index contributed by atoms with van der Waals surface area (Å²) in [5.74, 6) is -0.960. The molecule has 0 aliphatic carbocycles. The van der Waals surface area contributed by atoms with Crippen molar-refractivity contribution in [3.8, 4) is 0 Å². The van der Waals surface area contributed by atoms with E-state index in [-0.39, 0.29) is 5.41 Å². The molecule has 1 aromatic rings. The molecule has 172 valence electrons. The second-order valence-corrected chi connectivity index (χ2v) is 15.8. The predicted molar refractivity (Wildman–Crippen MR) is 124 cm³/mol. The molecular formula is C22H38O6P2. The van der Waals surface area contributed by atoms with Gasteiger partial charge in [-0.1, -0.05) is 74.4 Å². The molecule has 0 spiro atoms. The van der Waals surface area contributed by atoms with Gasteiger partial charge in [0.15, 0.2) is 6.35 Å². The SMILES string of the molecule is CC(C)(C)c1cc(C(C)(C)C)c(P(=O)(O)COC(=O)CP(C)(=O)O)c(C(C)(C)C)c1. The number of ether oxygens (including phenoxy) is 1. The first-order chi connectivity index (χ1) is 13.1. The standard InChI is InChI=1S/C22H38O6P2/c1-20(2,3)15-11-16(21(4,5)6)19(17(12-15)22(7,8)9)30(26,27)14-28-18(23)13-29(10,24)25/h11-12H,13-14H2,1-10H3,(H,24,25)(H,26,27). The molecule has 30 heavy (non-hydrogen) atoms. The average Bonchev–Trinajstić information content (AvgIpc) is 2.47. The molecular weight excluding hydrogens is 422 g/mol. The lowest BCUT2D eigenvalue weighted by Gasteiger charge is -2.34. The van der Waals surface area contributed by atoms with E-state index in [0.717, 1.165) is 23.4 Å². The zero-order valence-electron chi connectivity index (χ0n) is 20.0. The van der Waals surface area contributed by atoms with Gasteiger partial charge < -0.3 is 14.5 Å². The summed E-state index contributed by atoms with van der Waals surface area (Å²) in [4.78, 5) is 32.3. The van der Waals surface area contributed by atoms with Gasteiger partial charge in [-0.3, -0.25) is 13.9 Å². The molecule has 0 aliphatic heterocycles. The van der Waals surface area contributed by atoms with Crippen LogP contribution >= 0.6 is 14.7 Å². The Labute approximate surface area is 181 Å². The third-order valence-corrected chi connectivity index (χ3v) is 7.27. The normalized spacial score (nSPS) is 17.2. The van der Waals surface area contributed by atoms with Crippen molar-refractivity contribution in [1.29, 1.82) is 0 Å². The van der Waals surface area contributed by atoms with Gasteiger partial charge in [0, 0.05) is 12.0 Å². The summed E-state index contributed by atoms with van der Waals surface area (Å²) in [7, 11) is -7.74. The second kappa shape index (κ2) is 8.54. The summed E-state index contributed by atoms with van der Waals surface area (Å²) in [5, 5.41) is 0.312. The van der Waals surface area contributed by atoms with E-state index in [9.17, 15) is 23.7 Å². The zero-order chi connectivity index (χ0) is 23.9. The van der Waals surface area contributed by atoms with Crippen LogP contribution in [0.2, 0.25) is 0 Å². The van der Waals surface area contributed by atoms with E-state index in [2.05, 4.69) is 20.8 Å². The van der Waals surface area contributed by atoms with Gasteiger partial charge in [-0.25, -0.2) is 0 Å². The molecule has 0 radical (unpaired) electrons. The first-order valence-corrected chi connectivity index (χ1v) is 14.2. The maximum Gasteiger partial charge on any atom is 0.316 e. The number of hydrogen-bond acceptors (Lipinski definition) is 4. The number of esters is 1. The van der Waals surface area contributed by atoms with Crippen molar-refractivity contribution >= 4 is 26.0 Å². The van der Waals surface area contributed by atoms with E-state index < -0.39 is 44.0 Å². The molecule has 0 aromatic heterocycles. The molecule has 0 aliphatic rings. The molecule has 0 fully saturated rings. The Balaban J connectivity index is 3.67. The van der Waals surface area contributed by atoms with Gasteiger partial charge in [0.05, 0.1) is 0 Å². The quantitative estimate of drug-likeness (QED) is 0.480. The van der Waals surface area contributed by atoms with Gasteiger partial charge in [-0.2, -0.15) is 0 Å². The van der Waals surface area contributed by atoms with Crippen LogP contribution in [0, 0.1) is 0 Å². The number of hydrogen-bond donors (Lipinski definition) is 2. The monoisotopic (exact) mass is 460 g/mol. The van der Waals surface area contributed by atoms with Gasteiger partial charge in [0.1, 0.15) is 6.16 Å². The van der Waals surface area contributed by atoms with Crippen LogP contribution in [0.4, 0.5) is 0 Å². The molecule has 0 saturated heterocycles. The first kappa shape index (κ1) is 27.1. The predicted octanol–water partition coefficient (Wildman–Crippen LogP) is 4.88. The molecule has 2 atom stereocenters. The minimum absolute atomic E-state index is 0.159. The van der Waals surface area contributed by atoms with Crippen molar-refractivity contribution in [1.82, 2.24) is 0 Å². The first-order valence-electron chi connectivity index (χ1n) is 10.0. The minimum Gasteiger partial charge on any atom is -0.455 e. The summed E-state index contributed by atoms with van der Waals surface area (Å²) in [6, 6.07) is 3.95. The van der Waals surface area contributed by atoms with E-state index in [1.54, 1.807) is 0 Å². The molecule has 2 N–H and O–H groups in total. The van der Waals surface area contributed by atoms with E-state index in [1.165, 1.54) is 0 Å². The van der Waals surface area contributed by atoms with Crippen molar-refractivity contribution in [2.24, 2.45) is 0 Å². The summed E-state index contributed by atoms with van der Waals surface area (Å²) in [6.45, 7) is 19.2. The maximum absolute atomic E-state index is 13.5. The molecule has 0 heterocycles. The fraction of sp³-hybridized carbons (Fsp3) is 0.682. The number of carbonyl (C=O) groups is 1. The smallest absolute Gasteiger partial charge is 0.316 e. The molecule has 8 heteroatoms. The van der Waals surface area contributed by atoms with E-state index in [0.29, 0.717) is 5.30 Å². The third-order valence-electron chi connectivity index (χ3n) is 4.76. The second-order valence-electron chi connectivity index (χ2n) is 11.2. The number of carbonyl (C=O) groups excluding carboxylic acids is 1. The maximum atomic E-state index is 13.5. The van der Waals surface area contributed by atoms with Gasteiger partial charge in [-0.15, -0.1) is 0 Å². The summed E-state index contributed by atoms with van der Waals surface area (Å²) >= 11 is 0. The van der Waals surface area contributed by atoms with Crippen molar-refractivity contribution < 1.29 is 28.4 Å². The highest BCUT2D eigenvalue weighted by Crippen LogP contribution is 2.47. The van der Waals surface area contributed by atoms with Gasteiger partial charge in [-0.05, 0) is 32.9 Å². The Morgan fingerprint density at radius 3 is 1.57 bits per heavy atom. The fourth-order valence-corrected chi connectivity index (χ4v) is 5.67. The van der Waals surface area contributed by atoms with Crippen LogP contribution in [0.1, 0.15) is 79.0 Å². The number of benzene rings is 1. The van der Waals surface area contributed by atoms with Gasteiger partial charge >= 0.3 is 5.97 Å². The van der Waals surface area contributed by atoms with Crippen LogP contribution in [-0.4, -0.2) is 34.9 Å². The highest BCUT2D eigenvalue weighted by atomic mass is 31.2. The molecule has 6 nitrogen and oxygen atoms in total. The topological polar surface area (TPSA) is 101 Å². The highest BCUT2D eigenvalue weighted by molar-refractivity contribution is 7.66. The average molecular weight is 460 g/mol. The highest BCUT2D eigenvalue weighted by Gasteiger charge is 2.38. The van der Waals surface area contributed by atoms with Crippen LogP contribution in [0.25, 0.3) is 0 Å². The van der Waals surface area contributed by atoms with Gasteiger partial charge in [0.25, 0.3) is 7.37 Å². The Kier molecular flexibility index (Phi) is 7.72. The van der Waals surface area contributed by atoms with Crippen LogP contribution in [0.5, 0.6) is 0 Å². The molecule has 2 unspecified atom stereocenters. The van der Waals surface area contributed by atoms with Crippen LogP contribution in [-0.2, 0) is 34.9 Å². The molecule has 1 rings (SSSR count). The van der Waals surface area contributed by atoms with Gasteiger partial charge in [0.2, 0.25) is 7.37 Å². The van der Waals surface area contributed by atoms with Crippen molar-refractivity contribution in [3.63, 3.8) is 0 Å². The Morgan fingerprint density at radius 1 is 0.867 bits per heavy atom. The largest absolute Gasteiger partial charge is 0.455 e. The van der Waals surface area contributed by atoms with Crippen LogP contribution in [0.15, 0.2) is 12.1 Å². The summed E-state index contributed by atoms with van der Waals surface area (Å²) in [6.07, 6.45) is -1.42. The number of rotatable bonds is 5. The lowest BCUT2D eigenvalue weighted by atomic mass is 9.75.